The van der Waals surface area contributed by atoms with Crippen LogP contribution in [0, 0.1) is 0 Å². The van der Waals surface area contributed by atoms with Crippen molar-refractivity contribution < 1.29 is 19.0 Å². The lowest BCUT2D eigenvalue weighted by Gasteiger charge is -2.16. The van der Waals surface area contributed by atoms with Gasteiger partial charge in [0.2, 0.25) is 11.7 Å². The predicted molar refractivity (Wildman–Crippen MR) is 122 cm³/mol. The maximum absolute atomic E-state index is 11.8. The molecule has 0 saturated carbocycles. The number of hydrogen-bond donors (Lipinski definition) is 2. The molecule has 0 aliphatic heterocycles. The Hall–Kier alpha value is -2.17. The van der Waals surface area contributed by atoms with E-state index < -0.39 is 0 Å². The van der Waals surface area contributed by atoms with E-state index in [0.29, 0.717) is 36.3 Å². The molecule has 158 valence electrons. The first-order valence-electron chi connectivity index (χ1n) is 8.48. The minimum absolute atomic E-state index is 0. The smallest absolute Gasteiger partial charge is 0.241 e. The number of methoxy groups -OCH3 is 3. The quantitative estimate of drug-likeness (QED) is 0.231. The van der Waals surface area contributed by atoms with Gasteiger partial charge in [-0.3, -0.25) is 4.79 Å². The van der Waals surface area contributed by atoms with Gasteiger partial charge >= 0.3 is 0 Å². The number of ether oxygens (including phenoxy) is 3. The molecule has 1 amide bonds. The van der Waals surface area contributed by atoms with Crippen molar-refractivity contribution in [2.45, 2.75) is 13.5 Å². The van der Waals surface area contributed by atoms with Crippen molar-refractivity contribution in [3.05, 3.63) is 29.8 Å². The molecule has 0 bridgehead atoms. The summed E-state index contributed by atoms with van der Waals surface area (Å²) in [5.74, 6) is 2.13. The number of guanidine groups is 1. The Morgan fingerprint density at radius 3 is 2.04 bits per heavy atom. The maximum atomic E-state index is 11.8. The van der Waals surface area contributed by atoms with Crippen LogP contribution in [0.2, 0.25) is 0 Å². The summed E-state index contributed by atoms with van der Waals surface area (Å²) >= 11 is 0. The van der Waals surface area contributed by atoms with Crippen LogP contribution in [0.5, 0.6) is 17.2 Å². The third kappa shape index (κ3) is 8.24. The average Bonchev–Trinajstić information content (AvgIpc) is 2.65. The van der Waals surface area contributed by atoms with Crippen LogP contribution in [-0.2, 0) is 11.3 Å². The molecule has 9 heteroatoms. The van der Waals surface area contributed by atoms with Crippen LogP contribution in [0.15, 0.2) is 29.3 Å². The molecule has 0 radical (unpaired) electrons. The van der Waals surface area contributed by atoms with Crippen LogP contribution >= 0.6 is 24.0 Å². The molecule has 1 aromatic carbocycles. The summed E-state index contributed by atoms with van der Waals surface area (Å²) in [5.41, 5.74) is 1.83. The second-order valence-electron chi connectivity index (χ2n) is 6.15. The highest BCUT2D eigenvalue weighted by atomic mass is 127. The number of carbonyl (C=O) groups is 1. The van der Waals surface area contributed by atoms with Gasteiger partial charge in [-0.15, -0.1) is 24.0 Å². The van der Waals surface area contributed by atoms with E-state index in [9.17, 15) is 4.79 Å². The molecule has 0 unspecified atom stereocenters. The van der Waals surface area contributed by atoms with Gasteiger partial charge in [0.25, 0.3) is 0 Å². The van der Waals surface area contributed by atoms with E-state index >= 15 is 0 Å². The van der Waals surface area contributed by atoms with E-state index in [2.05, 4.69) is 22.2 Å². The number of benzene rings is 1. The molecule has 28 heavy (non-hydrogen) atoms. The lowest BCUT2D eigenvalue weighted by Crippen LogP contribution is -2.43. The molecule has 0 saturated heterocycles. The molecule has 1 aromatic rings. The molecule has 0 aliphatic carbocycles. The highest BCUT2D eigenvalue weighted by molar-refractivity contribution is 14.0. The van der Waals surface area contributed by atoms with Gasteiger partial charge in [0, 0.05) is 20.6 Å². The zero-order valence-corrected chi connectivity index (χ0v) is 19.7. The standard InChI is InChI=1S/C19H30N4O4.HI/c1-13(2)10-20-19(22-12-17(24)23(3)4)21-11-14-8-15(25-5)18(27-7)16(9-14)26-6;/h8-9H,1,10-12H2,2-7H3,(H2,20,21,22);1H. The molecule has 0 atom stereocenters. The molecular weight excluding hydrogens is 475 g/mol. The molecule has 1 rings (SSSR count). The van der Waals surface area contributed by atoms with Crippen molar-refractivity contribution in [2.24, 2.45) is 4.99 Å². The SMILES string of the molecule is C=C(C)CNC(=NCc1cc(OC)c(OC)c(OC)c1)NCC(=O)N(C)C.I. The Kier molecular flexibility index (Phi) is 12.1. The van der Waals surface area contributed by atoms with Gasteiger partial charge in [-0.2, -0.15) is 0 Å². The maximum Gasteiger partial charge on any atom is 0.241 e. The van der Waals surface area contributed by atoms with Crippen molar-refractivity contribution in [2.75, 3.05) is 48.5 Å². The molecule has 0 aromatic heterocycles. The number of halogens is 1. The summed E-state index contributed by atoms with van der Waals surface area (Å²) < 4.78 is 16.1. The minimum Gasteiger partial charge on any atom is -0.493 e. The second-order valence-corrected chi connectivity index (χ2v) is 6.15. The topological polar surface area (TPSA) is 84.4 Å². The number of rotatable bonds is 9. The number of likely N-dealkylation sites (N-methyl/N-ethyl adjacent to an activating group) is 1. The van der Waals surface area contributed by atoms with Crippen LogP contribution < -0.4 is 24.8 Å². The van der Waals surface area contributed by atoms with Crippen LogP contribution in [-0.4, -0.2) is 65.3 Å². The summed E-state index contributed by atoms with van der Waals surface area (Å²) in [7, 11) is 8.11. The molecule has 0 aliphatic rings. The van der Waals surface area contributed by atoms with Crippen molar-refractivity contribution in [3.8, 4) is 17.2 Å². The van der Waals surface area contributed by atoms with Crippen LogP contribution in [0.4, 0.5) is 0 Å². The normalized spacial score (nSPS) is 10.4. The fourth-order valence-corrected chi connectivity index (χ4v) is 2.12. The summed E-state index contributed by atoms with van der Waals surface area (Å²) in [6, 6.07) is 3.68. The summed E-state index contributed by atoms with van der Waals surface area (Å²) in [5, 5.41) is 6.17. The van der Waals surface area contributed by atoms with Gasteiger partial charge in [0.1, 0.15) is 0 Å². The molecular formula is C19H31IN4O4. The summed E-state index contributed by atoms with van der Waals surface area (Å²) in [4.78, 5) is 17.9. The van der Waals surface area contributed by atoms with E-state index in [0.717, 1.165) is 11.1 Å². The van der Waals surface area contributed by atoms with Crippen LogP contribution in [0.1, 0.15) is 12.5 Å². The Labute approximate surface area is 184 Å². The average molecular weight is 506 g/mol. The lowest BCUT2D eigenvalue weighted by molar-refractivity contribution is -0.127. The van der Waals surface area contributed by atoms with Crippen molar-refractivity contribution in [1.29, 1.82) is 0 Å². The molecule has 0 spiro atoms. The van der Waals surface area contributed by atoms with Crippen molar-refractivity contribution in [3.63, 3.8) is 0 Å². The van der Waals surface area contributed by atoms with E-state index in [4.69, 9.17) is 14.2 Å². The summed E-state index contributed by atoms with van der Waals surface area (Å²) in [6.45, 7) is 6.83. The highest BCUT2D eigenvalue weighted by Crippen LogP contribution is 2.38. The first kappa shape index (κ1) is 25.8. The third-order valence-corrected chi connectivity index (χ3v) is 3.61. The van der Waals surface area contributed by atoms with Crippen LogP contribution in [0.3, 0.4) is 0 Å². The monoisotopic (exact) mass is 506 g/mol. The number of aliphatic imine (C=N–C) groups is 1. The largest absolute Gasteiger partial charge is 0.493 e. The molecule has 2 N–H and O–H groups in total. The van der Waals surface area contributed by atoms with Gasteiger partial charge in [0.05, 0.1) is 34.4 Å². The van der Waals surface area contributed by atoms with Gasteiger partial charge < -0.3 is 29.7 Å². The Bertz CT molecular complexity index is 668. The molecule has 0 fully saturated rings. The summed E-state index contributed by atoms with van der Waals surface area (Å²) in [6.07, 6.45) is 0. The molecule has 0 heterocycles. The van der Waals surface area contributed by atoms with E-state index in [-0.39, 0.29) is 36.4 Å². The number of amides is 1. The van der Waals surface area contributed by atoms with Crippen molar-refractivity contribution >= 4 is 35.8 Å². The first-order valence-corrected chi connectivity index (χ1v) is 8.48. The Morgan fingerprint density at radius 2 is 1.61 bits per heavy atom. The van der Waals surface area contributed by atoms with Gasteiger partial charge in [-0.25, -0.2) is 4.99 Å². The first-order chi connectivity index (χ1) is 12.8. The van der Waals surface area contributed by atoms with E-state index in [1.54, 1.807) is 35.4 Å². The lowest BCUT2D eigenvalue weighted by atomic mass is 10.2. The molecule has 8 nitrogen and oxygen atoms in total. The third-order valence-electron chi connectivity index (χ3n) is 3.61. The number of hydrogen-bond acceptors (Lipinski definition) is 5. The fraction of sp³-hybridized carbons (Fsp3) is 0.474. The van der Waals surface area contributed by atoms with E-state index in [1.165, 1.54) is 4.90 Å². The van der Waals surface area contributed by atoms with Gasteiger partial charge in [0.15, 0.2) is 17.5 Å². The van der Waals surface area contributed by atoms with Crippen LogP contribution in [0.25, 0.3) is 0 Å². The zero-order chi connectivity index (χ0) is 20.4. The number of nitrogens with one attached hydrogen (secondary N) is 2. The van der Waals surface area contributed by atoms with Gasteiger partial charge in [-0.1, -0.05) is 12.2 Å². The fourth-order valence-electron chi connectivity index (χ4n) is 2.12. The van der Waals surface area contributed by atoms with Gasteiger partial charge in [-0.05, 0) is 24.6 Å². The number of nitrogens with zero attached hydrogens (tertiary/aromatic N) is 2. The number of carbonyl (C=O) groups excluding carboxylic acids is 1. The van der Waals surface area contributed by atoms with Crippen molar-refractivity contribution in [1.82, 2.24) is 15.5 Å². The second kappa shape index (κ2) is 13.1. The highest BCUT2D eigenvalue weighted by Gasteiger charge is 2.13. The minimum atomic E-state index is -0.0485. The Morgan fingerprint density at radius 1 is 1.07 bits per heavy atom. The predicted octanol–water partition coefficient (Wildman–Crippen LogP) is 2.03. The zero-order valence-electron chi connectivity index (χ0n) is 17.4. The van der Waals surface area contributed by atoms with E-state index in [1.807, 2.05) is 19.1 Å². The Balaban J connectivity index is 0.00000729.